The molecule has 2 aromatic carbocycles. The van der Waals surface area contributed by atoms with E-state index in [2.05, 4.69) is 0 Å². The van der Waals surface area contributed by atoms with Gasteiger partial charge in [-0.25, -0.2) is 0 Å². The normalized spacial score (nSPS) is 10.5. The summed E-state index contributed by atoms with van der Waals surface area (Å²) in [5.41, 5.74) is 4.75. The molecular formula is C16H18O3. The summed E-state index contributed by atoms with van der Waals surface area (Å²) in [5, 5.41) is 18.7. The van der Waals surface area contributed by atoms with Crippen molar-refractivity contribution in [3.63, 3.8) is 0 Å². The van der Waals surface area contributed by atoms with E-state index in [0.29, 0.717) is 0 Å². The Morgan fingerprint density at radius 2 is 1.74 bits per heavy atom. The van der Waals surface area contributed by atoms with E-state index in [-0.39, 0.29) is 13.2 Å². The molecule has 0 fully saturated rings. The molecule has 3 heteroatoms. The zero-order valence-electron chi connectivity index (χ0n) is 11.2. The minimum atomic E-state index is -0.0257. The largest absolute Gasteiger partial charge is 0.497 e. The average Bonchev–Trinajstić information content (AvgIpc) is 2.47. The second-order valence-corrected chi connectivity index (χ2v) is 4.49. The molecular weight excluding hydrogens is 240 g/mol. The first-order valence-corrected chi connectivity index (χ1v) is 6.18. The number of rotatable bonds is 4. The van der Waals surface area contributed by atoms with Crippen LogP contribution in [0.15, 0.2) is 36.4 Å². The number of benzene rings is 2. The van der Waals surface area contributed by atoms with E-state index < -0.39 is 0 Å². The number of methoxy groups -OCH3 is 1. The van der Waals surface area contributed by atoms with Crippen molar-refractivity contribution in [1.82, 2.24) is 0 Å². The van der Waals surface area contributed by atoms with Crippen LogP contribution in [-0.2, 0) is 13.2 Å². The van der Waals surface area contributed by atoms with Crippen LogP contribution in [0.2, 0.25) is 0 Å². The van der Waals surface area contributed by atoms with Crippen LogP contribution in [0.5, 0.6) is 5.75 Å². The SMILES string of the molecule is COc1ccc(CO)c(-c2cc(CO)ccc2C)c1. The maximum absolute atomic E-state index is 9.47. The molecule has 0 aromatic heterocycles. The fourth-order valence-electron chi connectivity index (χ4n) is 2.13. The minimum Gasteiger partial charge on any atom is -0.497 e. The van der Waals surface area contributed by atoms with Gasteiger partial charge in [-0.05, 0) is 52.9 Å². The minimum absolute atomic E-state index is 0.00566. The number of aliphatic hydroxyl groups is 2. The molecule has 0 aliphatic heterocycles. The van der Waals surface area contributed by atoms with Crippen molar-refractivity contribution in [2.24, 2.45) is 0 Å². The van der Waals surface area contributed by atoms with Crippen molar-refractivity contribution in [2.45, 2.75) is 20.1 Å². The standard InChI is InChI=1S/C16H18O3/c1-11-3-4-12(9-17)7-15(11)16-8-14(19-2)6-5-13(16)10-18/h3-8,17-18H,9-10H2,1-2H3. The molecule has 0 spiro atoms. The molecule has 0 unspecified atom stereocenters. The summed E-state index contributed by atoms with van der Waals surface area (Å²) in [6, 6.07) is 11.4. The Hall–Kier alpha value is -1.84. The van der Waals surface area contributed by atoms with Gasteiger partial charge >= 0.3 is 0 Å². The highest BCUT2D eigenvalue weighted by molar-refractivity contribution is 5.72. The van der Waals surface area contributed by atoms with E-state index in [1.54, 1.807) is 7.11 Å². The van der Waals surface area contributed by atoms with Crippen LogP contribution in [-0.4, -0.2) is 17.3 Å². The van der Waals surface area contributed by atoms with Gasteiger partial charge in [0.15, 0.2) is 0 Å². The van der Waals surface area contributed by atoms with Crippen molar-refractivity contribution in [1.29, 1.82) is 0 Å². The first-order valence-electron chi connectivity index (χ1n) is 6.18. The molecule has 0 radical (unpaired) electrons. The summed E-state index contributed by atoms with van der Waals surface area (Å²) < 4.78 is 5.24. The lowest BCUT2D eigenvalue weighted by atomic mass is 9.94. The number of ether oxygens (including phenoxy) is 1. The number of hydrogen-bond acceptors (Lipinski definition) is 3. The topological polar surface area (TPSA) is 49.7 Å². The fourth-order valence-corrected chi connectivity index (χ4v) is 2.13. The van der Waals surface area contributed by atoms with E-state index in [1.165, 1.54) is 0 Å². The third-order valence-corrected chi connectivity index (χ3v) is 3.26. The highest BCUT2D eigenvalue weighted by Crippen LogP contribution is 2.31. The van der Waals surface area contributed by atoms with Gasteiger partial charge in [0.05, 0.1) is 20.3 Å². The number of hydrogen-bond donors (Lipinski definition) is 2. The maximum Gasteiger partial charge on any atom is 0.119 e. The lowest BCUT2D eigenvalue weighted by Crippen LogP contribution is -1.95. The van der Waals surface area contributed by atoms with Crippen LogP contribution < -0.4 is 4.74 Å². The smallest absolute Gasteiger partial charge is 0.119 e. The van der Waals surface area contributed by atoms with Crippen molar-refractivity contribution >= 4 is 0 Å². The molecule has 100 valence electrons. The molecule has 0 amide bonds. The molecule has 0 saturated heterocycles. The van der Waals surface area contributed by atoms with E-state index in [9.17, 15) is 10.2 Å². The van der Waals surface area contributed by atoms with Gasteiger partial charge in [0.2, 0.25) is 0 Å². The number of aryl methyl sites for hydroxylation is 1. The summed E-state index contributed by atoms with van der Waals surface area (Å²) in [6.07, 6.45) is 0. The predicted molar refractivity (Wildman–Crippen MR) is 75.0 cm³/mol. The summed E-state index contributed by atoms with van der Waals surface area (Å²) >= 11 is 0. The van der Waals surface area contributed by atoms with Gasteiger partial charge in [-0.1, -0.05) is 18.2 Å². The zero-order chi connectivity index (χ0) is 13.8. The Morgan fingerprint density at radius 3 is 2.37 bits per heavy atom. The molecule has 0 atom stereocenters. The quantitative estimate of drug-likeness (QED) is 0.886. The van der Waals surface area contributed by atoms with Crippen LogP contribution in [0.1, 0.15) is 16.7 Å². The lowest BCUT2D eigenvalue weighted by molar-refractivity contribution is 0.281. The third-order valence-electron chi connectivity index (χ3n) is 3.26. The maximum atomic E-state index is 9.47. The van der Waals surface area contributed by atoms with E-state index in [0.717, 1.165) is 33.6 Å². The van der Waals surface area contributed by atoms with Crippen LogP contribution in [0.3, 0.4) is 0 Å². The van der Waals surface area contributed by atoms with Crippen molar-refractivity contribution in [2.75, 3.05) is 7.11 Å². The molecule has 2 rings (SSSR count). The summed E-state index contributed by atoms with van der Waals surface area (Å²) in [7, 11) is 1.62. The monoisotopic (exact) mass is 258 g/mol. The summed E-state index contributed by atoms with van der Waals surface area (Å²) in [4.78, 5) is 0. The first-order chi connectivity index (χ1) is 9.19. The lowest BCUT2D eigenvalue weighted by Gasteiger charge is -2.13. The Bertz CT molecular complexity index is 576. The van der Waals surface area contributed by atoms with Gasteiger partial charge in [0.1, 0.15) is 5.75 Å². The highest BCUT2D eigenvalue weighted by Gasteiger charge is 2.09. The molecule has 3 nitrogen and oxygen atoms in total. The molecule has 2 aromatic rings. The molecule has 0 saturated carbocycles. The van der Waals surface area contributed by atoms with E-state index in [1.807, 2.05) is 43.3 Å². The van der Waals surface area contributed by atoms with Crippen LogP contribution >= 0.6 is 0 Å². The molecule has 0 aliphatic carbocycles. The Labute approximate surface area is 113 Å². The van der Waals surface area contributed by atoms with Crippen LogP contribution in [0.4, 0.5) is 0 Å². The van der Waals surface area contributed by atoms with E-state index in [4.69, 9.17) is 4.74 Å². The van der Waals surface area contributed by atoms with Gasteiger partial charge in [-0.15, -0.1) is 0 Å². The molecule has 0 aliphatic rings. The van der Waals surface area contributed by atoms with Crippen molar-refractivity contribution in [3.05, 3.63) is 53.1 Å². The summed E-state index contributed by atoms with van der Waals surface area (Å²) in [6.45, 7) is 1.99. The average molecular weight is 258 g/mol. The van der Waals surface area contributed by atoms with Gasteiger partial charge < -0.3 is 14.9 Å². The molecule has 19 heavy (non-hydrogen) atoms. The van der Waals surface area contributed by atoms with Crippen LogP contribution in [0.25, 0.3) is 11.1 Å². The molecule has 0 bridgehead atoms. The van der Waals surface area contributed by atoms with Crippen molar-refractivity contribution in [3.8, 4) is 16.9 Å². The van der Waals surface area contributed by atoms with Gasteiger partial charge in [0.25, 0.3) is 0 Å². The van der Waals surface area contributed by atoms with Crippen LogP contribution in [0, 0.1) is 6.92 Å². The fraction of sp³-hybridized carbons (Fsp3) is 0.250. The van der Waals surface area contributed by atoms with Gasteiger partial charge in [-0.2, -0.15) is 0 Å². The highest BCUT2D eigenvalue weighted by atomic mass is 16.5. The van der Waals surface area contributed by atoms with E-state index >= 15 is 0 Å². The molecule has 0 heterocycles. The number of aliphatic hydroxyl groups excluding tert-OH is 2. The Morgan fingerprint density at radius 1 is 0.947 bits per heavy atom. The molecule has 2 N–H and O–H groups in total. The Balaban J connectivity index is 2.62. The first kappa shape index (κ1) is 13.6. The van der Waals surface area contributed by atoms with Gasteiger partial charge in [-0.3, -0.25) is 0 Å². The van der Waals surface area contributed by atoms with Gasteiger partial charge in [0, 0.05) is 0 Å². The third kappa shape index (κ3) is 2.78. The second kappa shape index (κ2) is 5.87. The summed E-state index contributed by atoms with van der Waals surface area (Å²) in [5.74, 6) is 0.751. The Kier molecular flexibility index (Phi) is 4.20. The zero-order valence-corrected chi connectivity index (χ0v) is 11.2. The van der Waals surface area contributed by atoms with Crippen molar-refractivity contribution < 1.29 is 14.9 Å². The predicted octanol–water partition coefficient (Wildman–Crippen LogP) is 2.66. The second-order valence-electron chi connectivity index (χ2n) is 4.49.